The molecular weight excluding hydrogens is 508 g/mol. The molecule has 0 N–H and O–H groups in total. The largest absolute Gasteiger partial charge is 0.449 e. The summed E-state index contributed by atoms with van der Waals surface area (Å²) in [5.74, 6) is -4.48. The van der Waals surface area contributed by atoms with Crippen LogP contribution in [0.5, 0.6) is 0 Å². The molecule has 0 spiro atoms. The van der Waals surface area contributed by atoms with Crippen LogP contribution in [0.2, 0.25) is 0 Å². The Morgan fingerprint density at radius 2 is 0.824 bits per heavy atom. The van der Waals surface area contributed by atoms with Crippen molar-refractivity contribution in [1.29, 1.82) is 0 Å². The molecule has 0 radical (unpaired) electrons. The van der Waals surface area contributed by atoms with Gasteiger partial charge in [0.25, 0.3) is 0 Å². The van der Waals surface area contributed by atoms with Crippen LogP contribution in [0.3, 0.4) is 0 Å². The molecular formula is C18H10F12O4. The van der Waals surface area contributed by atoms with E-state index in [1.807, 2.05) is 0 Å². The zero-order valence-corrected chi connectivity index (χ0v) is 16.0. The highest BCUT2D eigenvalue weighted by molar-refractivity contribution is 5.82. The van der Waals surface area contributed by atoms with Gasteiger partial charge in [-0.05, 0) is 0 Å². The predicted octanol–water partition coefficient (Wildman–Crippen LogP) is 5.78. The molecule has 16 heteroatoms. The Hall–Kier alpha value is -3.20. The minimum absolute atomic E-state index is 0.0682. The van der Waals surface area contributed by atoms with Crippen LogP contribution < -0.4 is 0 Å². The molecule has 0 saturated carbocycles. The number of carbonyl (C=O) groups is 2. The van der Waals surface area contributed by atoms with Crippen LogP contribution in [0.1, 0.15) is 11.1 Å². The summed E-state index contributed by atoms with van der Waals surface area (Å²) in [4.78, 5) is 21.8. The van der Waals surface area contributed by atoms with Gasteiger partial charge < -0.3 is 9.47 Å². The quantitative estimate of drug-likeness (QED) is 0.249. The SMILES string of the molecule is C=CC(=O)OC(F)(F)C(F)(c1ccc(C(F)(C(F)(F)F)C(F)(F)OC(=O)C=C)cc1)C(F)(F)F. The summed E-state index contributed by atoms with van der Waals surface area (Å²) in [6.07, 6.45) is -25.5. The third kappa shape index (κ3) is 4.70. The van der Waals surface area contributed by atoms with Gasteiger partial charge in [-0.25, -0.2) is 18.4 Å². The van der Waals surface area contributed by atoms with E-state index >= 15 is 0 Å². The number of esters is 2. The topological polar surface area (TPSA) is 52.6 Å². The average Bonchev–Trinajstić information content (AvgIpc) is 2.69. The zero-order valence-electron chi connectivity index (χ0n) is 16.0. The standard InChI is InChI=1S/C18H10F12O4/c1-3-11(31)33-17(27,28)13(19,15(21,22)23)9-5-7-10(8-6-9)14(20,16(24,25)26)18(29,30)34-12(32)4-2/h3-8H,1-2H2. The van der Waals surface area contributed by atoms with Gasteiger partial charge in [-0.3, -0.25) is 0 Å². The first-order valence-electron chi connectivity index (χ1n) is 8.21. The number of hydrogen-bond donors (Lipinski definition) is 0. The van der Waals surface area contributed by atoms with Crippen LogP contribution >= 0.6 is 0 Å². The van der Waals surface area contributed by atoms with Gasteiger partial charge in [0.05, 0.1) is 0 Å². The molecule has 1 rings (SSSR count). The van der Waals surface area contributed by atoms with Crippen molar-refractivity contribution >= 4 is 11.9 Å². The fourth-order valence-electron chi connectivity index (χ4n) is 2.40. The smallest absolute Gasteiger partial charge is 0.395 e. The molecule has 0 aliphatic rings. The highest BCUT2D eigenvalue weighted by Crippen LogP contribution is 2.56. The van der Waals surface area contributed by atoms with E-state index in [0.29, 0.717) is 0 Å². The predicted molar refractivity (Wildman–Crippen MR) is 86.6 cm³/mol. The molecule has 34 heavy (non-hydrogen) atoms. The van der Waals surface area contributed by atoms with E-state index in [4.69, 9.17) is 0 Å². The van der Waals surface area contributed by atoms with Gasteiger partial charge in [0.15, 0.2) is 0 Å². The summed E-state index contributed by atoms with van der Waals surface area (Å²) >= 11 is 0. The summed E-state index contributed by atoms with van der Waals surface area (Å²) in [7, 11) is 0. The molecule has 4 nitrogen and oxygen atoms in total. The van der Waals surface area contributed by atoms with E-state index in [1.165, 1.54) is 0 Å². The Bertz CT molecular complexity index is 874. The van der Waals surface area contributed by atoms with Crippen molar-refractivity contribution in [1.82, 2.24) is 0 Å². The highest BCUT2D eigenvalue weighted by Gasteiger charge is 2.77. The van der Waals surface area contributed by atoms with Gasteiger partial charge in [0, 0.05) is 23.3 Å². The van der Waals surface area contributed by atoms with E-state index in [9.17, 15) is 62.3 Å². The zero-order chi connectivity index (χ0) is 27.0. The molecule has 1 aromatic carbocycles. The van der Waals surface area contributed by atoms with Gasteiger partial charge in [0.1, 0.15) is 0 Å². The Morgan fingerprint density at radius 3 is 1.00 bits per heavy atom. The first kappa shape index (κ1) is 28.8. The number of benzene rings is 1. The maximum atomic E-state index is 14.7. The lowest BCUT2D eigenvalue weighted by Gasteiger charge is -2.35. The van der Waals surface area contributed by atoms with Crippen molar-refractivity contribution < 1.29 is 71.7 Å². The second-order valence-corrected chi connectivity index (χ2v) is 6.17. The van der Waals surface area contributed by atoms with Crippen molar-refractivity contribution in [2.24, 2.45) is 0 Å². The van der Waals surface area contributed by atoms with Gasteiger partial charge in [-0.15, -0.1) is 0 Å². The fraction of sp³-hybridized carbons (Fsp3) is 0.333. The molecule has 2 unspecified atom stereocenters. The fourth-order valence-corrected chi connectivity index (χ4v) is 2.40. The molecule has 0 aliphatic carbocycles. The van der Waals surface area contributed by atoms with E-state index in [0.717, 1.165) is 0 Å². The molecule has 0 amide bonds. The first-order valence-corrected chi connectivity index (χ1v) is 8.21. The van der Waals surface area contributed by atoms with E-state index in [2.05, 4.69) is 22.6 Å². The average molecular weight is 518 g/mol. The number of halogens is 12. The van der Waals surface area contributed by atoms with Crippen LogP contribution in [0.4, 0.5) is 52.7 Å². The van der Waals surface area contributed by atoms with Gasteiger partial charge in [-0.1, -0.05) is 37.4 Å². The molecule has 0 saturated heterocycles. The highest BCUT2D eigenvalue weighted by atomic mass is 19.4. The molecule has 0 aromatic heterocycles. The van der Waals surface area contributed by atoms with E-state index in [-0.39, 0.29) is 12.2 Å². The second kappa shape index (κ2) is 8.87. The lowest BCUT2D eigenvalue weighted by atomic mass is 9.88. The van der Waals surface area contributed by atoms with E-state index in [1.54, 1.807) is 0 Å². The van der Waals surface area contributed by atoms with Crippen LogP contribution in [0, 0.1) is 0 Å². The van der Waals surface area contributed by atoms with E-state index < -0.39 is 83.2 Å². The lowest BCUT2D eigenvalue weighted by Crippen LogP contribution is -2.55. The van der Waals surface area contributed by atoms with Crippen molar-refractivity contribution in [2.45, 2.75) is 35.9 Å². The summed E-state index contributed by atoms with van der Waals surface area (Å²) in [6, 6.07) is -2.15. The summed E-state index contributed by atoms with van der Waals surface area (Å²) in [6.45, 7) is 5.20. The Kier molecular flexibility index (Phi) is 7.52. The normalized spacial score (nSPS) is 16.6. The number of ether oxygens (including phenoxy) is 2. The Morgan fingerprint density at radius 1 is 0.588 bits per heavy atom. The van der Waals surface area contributed by atoms with Crippen LogP contribution in [-0.2, 0) is 30.4 Å². The number of carbonyl (C=O) groups excluding carboxylic acids is 2. The molecule has 2 atom stereocenters. The summed E-state index contributed by atoms with van der Waals surface area (Å²) in [5.41, 5.74) is -16.4. The Balaban J connectivity index is 3.74. The van der Waals surface area contributed by atoms with Crippen molar-refractivity contribution in [2.75, 3.05) is 0 Å². The van der Waals surface area contributed by atoms with Gasteiger partial charge in [0.2, 0.25) is 0 Å². The van der Waals surface area contributed by atoms with Crippen LogP contribution in [0.25, 0.3) is 0 Å². The van der Waals surface area contributed by atoms with Crippen molar-refractivity contribution in [3.8, 4) is 0 Å². The lowest BCUT2D eigenvalue weighted by molar-refractivity contribution is -0.377. The molecule has 0 bridgehead atoms. The molecule has 0 heterocycles. The number of hydrogen-bond acceptors (Lipinski definition) is 4. The minimum Gasteiger partial charge on any atom is -0.395 e. The van der Waals surface area contributed by atoms with Crippen LogP contribution in [0.15, 0.2) is 49.6 Å². The number of alkyl halides is 12. The first-order chi connectivity index (χ1) is 15.1. The maximum Gasteiger partial charge on any atom is 0.449 e. The molecule has 190 valence electrons. The summed E-state index contributed by atoms with van der Waals surface area (Å²) < 4.78 is 171. The molecule has 0 aliphatic heterocycles. The minimum atomic E-state index is -6.61. The summed E-state index contributed by atoms with van der Waals surface area (Å²) in [5, 5.41) is 0. The Labute approximate surface area is 181 Å². The molecule has 0 fully saturated rings. The van der Waals surface area contributed by atoms with Crippen LogP contribution in [-0.4, -0.2) is 36.5 Å². The monoisotopic (exact) mass is 518 g/mol. The van der Waals surface area contributed by atoms with Crippen molar-refractivity contribution in [3.63, 3.8) is 0 Å². The third-order valence-electron chi connectivity index (χ3n) is 4.05. The second-order valence-electron chi connectivity index (χ2n) is 6.17. The number of rotatable bonds is 8. The van der Waals surface area contributed by atoms with Gasteiger partial charge >= 0.3 is 47.8 Å². The third-order valence-corrected chi connectivity index (χ3v) is 4.05. The van der Waals surface area contributed by atoms with Gasteiger partial charge in [-0.2, -0.15) is 43.9 Å². The molecule has 1 aromatic rings. The van der Waals surface area contributed by atoms with Crippen molar-refractivity contribution in [3.05, 3.63) is 60.7 Å². The maximum absolute atomic E-state index is 14.7.